The minimum Gasteiger partial charge on any atom is -0.489 e. The molecule has 0 aliphatic rings. The first-order valence-electron chi connectivity index (χ1n) is 3.91. The molecule has 0 fully saturated rings. The molecule has 1 aromatic carbocycles. The standard InChI is InChI=1S/C10H9FO3/c1-2-5-14-9-6-7(11)3-4-8(9)10(12)13/h2-4,6H,1,5H2,(H,12,13). The van der Waals surface area contributed by atoms with Crippen LogP contribution >= 0.6 is 0 Å². The average Bonchev–Trinajstić information content (AvgIpc) is 2.14. The van der Waals surface area contributed by atoms with Crippen molar-refractivity contribution in [1.29, 1.82) is 0 Å². The number of ether oxygens (including phenoxy) is 1. The summed E-state index contributed by atoms with van der Waals surface area (Å²) in [7, 11) is 0. The van der Waals surface area contributed by atoms with Crippen LogP contribution < -0.4 is 4.74 Å². The van der Waals surface area contributed by atoms with E-state index in [1.165, 1.54) is 6.08 Å². The van der Waals surface area contributed by atoms with E-state index in [2.05, 4.69) is 6.58 Å². The molecule has 4 heteroatoms. The highest BCUT2D eigenvalue weighted by Gasteiger charge is 2.11. The van der Waals surface area contributed by atoms with Gasteiger partial charge >= 0.3 is 5.97 Å². The van der Waals surface area contributed by atoms with Gasteiger partial charge in [-0.05, 0) is 12.1 Å². The zero-order valence-corrected chi connectivity index (χ0v) is 7.37. The summed E-state index contributed by atoms with van der Waals surface area (Å²) in [6.45, 7) is 3.55. The van der Waals surface area contributed by atoms with E-state index in [1.54, 1.807) is 0 Å². The van der Waals surface area contributed by atoms with Crippen molar-refractivity contribution in [3.05, 3.63) is 42.2 Å². The van der Waals surface area contributed by atoms with Crippen LogP contribution in [0.1, 0.15) is 10.4 Å². The van der Waals surface area contributed by atoms with E-state index in [1.807, 2.05) is 0 Å². The van der Waals surface area contributed by atoms with E-state index in [0.29, 0.717) is 0 Å². The van der Waals surface area contributed by atoms with Crippen molar-refractivity contribution < 1.29 is 19.0 Å². The van der Waals surface area contributed by atoms with E-state index in [0.717, 1.165) is 18.2 Å². The molecule has 0 aromatic heterocycles. The summed E-state index contributed by atoms with van der Waals surface area (Å²) in [5.41, 5.74) is -0.0618. The Morgan fingerprint density at radius 2 is 2.36 bits per heavy atom. The van der Waals surface area contributed by atoms with E-state index in [-0.39, 0.29) is 17.9 Å². The zero-order valence-electron chi connectivity index (χ0n) is 7.37. The number of benzene rings is 1. The lowest BCUT2D eigenvalue weighted by molar-refractivity contribution is 0.0692. The Morgan fingerprint density at radius 3 is 2.93 bits per heavy atom. The van der Waals surface area contributed by atoms with Crippen LogP contribution in [0.3, 0.4) is 0 Å². The summed E-state index contributed by atoms with van der Waals surface area (Å²) in [4.78, 5) is 10.7. The van der Waals surface area contributed by atoms with Gasteiger partial charge in [0.15, 0.2) is 0 Å². The average molecular weight is 196 g/mol. The lowest BCUT2D eigenvalue weighted by Crippen LogP contribution is -2.03. The number of halogens is 1. The van der Waals surface area contributed by atoms with Crippen molar-refractivity contribution in [2.45, 2.75) is 0 Å². The lowest BCUT2D eigenvalue weighted by atomic mass is 10.2. The normalized spacial score (nSPS) is 9.50. The van der Waals surface area contributed by atoms with Crippen LogP contribution in [0.5, 0.6) is 5.75 Å². The summed E-state index contributed by atoms with van der Waals surface area (Å²) in [5.74, 6) is -1.67. The molecule has 1 N–H and O–H groups in total. The molecule has 1 aromatic rings. The summed E-state index contributed by atoms with van der Waals surface area (Å²) in [6, 6.07) is 3.27. The Labute approximate surface area is 80.4 Å². The van der Waals surface area contributed by atoms with Crippen molar-refractivity contribution in [2.24, 2.45) is 0 Å². The molecule has 3 nitrogen and oxygen atoms in total. The number of rotatable bonds is 4. The smallest absolute Gasteiger partial charge is 0.339 e. The van der Waals surface area contributed by atoms with Gasteiger partial charge in [0.1, 0.15) is 23.7 Å². The van der Waals surface area contributed by atoms with Crippen molar-refractivity contribution in [3.8, 4) is 5.75 Å². The molecule has 0 amide bonds. The second kappa shape index (κ2) is 4.41. The summed E-state index contributed by atoms with van der Waals surface area (Å²) in [6.07, 6.45) is 1.45. The minimum atomic E-state index is -1.15. The van der Waals surface area contributed by atoms with E-state index in [9.17, 15) is 9.18 Å². The van der Waals surface area contributed by atoms with Crippen molar-refractivity contribution in [1.82, 2.24) is 0 Å². The van der Waals surface area contributed by atoms with Crippen LogP contribution in [0.25, 0.3) is 0 Å². The maximum atomic E-state index is 12.7. The quantitative estimate of drug-likeness (QED) is 0.750. The molecule has 0 unspecified atom stereocenters. The highest BCUT2D eigenvalue weighted by atomic mass is 19.1. The Kier molecular flexibility index (Phi) is 3.23. The Hall–Kier alpha value is -1.84. The van der Waals surface area contributed by atoms with Crippen LogP contribution in [-0.4, -0.2) is 17.7 Å². The molecule has 0 aliphatic carbocycles. The van der Waals surface area contributed by atoms with Crippen LogP contribution in [0, 0.1) is 5.82 Å². The SMILES string of the molecule is C=CCOc1cc(F)ccc1C(=O)O. The van der Waals surface area contributed by atoms with Gasteiger partial charge in [-0.25, -0.2) is 9.18 Å². The van der Waals surface area contributed by atoms with Gasteiger partial charge in [0.2, 0.25) is 0 Å². The van der Waals surface area contributed by atoms with E-state index in [4.69, 9.17) is 9.84 Å². The van der Waals surface area contributed by atoms with Gasteiger partial charge in [-0.2, -0.15) is 0 Å². The molecule has 0 bridgehead atoms. The third-order valence-corrected chi connectivity index (χ3v) is 1.53. The van der Waals surface area contributed by atoms with Gasteiger partial charge in [-0.3, -0.25) is 0 Å². The van der Waals surface area contributed by atoms with E-state index < -0.39 is 11.8 Å². The first-order valence-corrected chi connectivity index (χ1v) is 3.91. The third kappa shape index (κ3) is 2.32. The summed E-state index contributed by atoms with van der Waals surface area (Å²) < 4.78 is 17.7. The third-order valence-electron chi connectivity index (χ3n) is 1.53. The second-order valence-electron chi connectivity index (χ2n) is 2.55. The Bertz CT molecular complexity index is 360. The van der Waals surface area contributed by atoms with Crippen LogP contribution in [0.4, 0.5) is 4.39 Å². The first kappa shape index (κ1) is 10.2. The number of hydrogen-bond acceptors (Lipinski definition) is 2. The lowest BCUT2D eigenvalue weighted by Gasteiger charge is -2.06. The predicted molar refractivity (Wildman–Crippen MR) is 49.1 cm³/mol. The maximum absolute atomic E-state index is 12.7. The monoisotopic (exact) mass is 196 g/mol. The van der Waals surface area contributed by atoms with Gasteiger partial charge in [0, 0.05) is 6.07 Å². The Morgan fingerprint density at radius 1 is 1.64 bits per heavy atom. The van der Waals surface area contributed by atoms with Crippen LogP contribution in [0.2, 0.25) is 0 Å². The largest absolute Gasteiger partial charge is 0.489 e. The molecule has 0 saturated carbocycles. The predicted octanol–water partition coefficient (Wildman–Crippen LogP) is 2.09. The van der Waals surface area contributed by atoms with Gasteiger partial charge in [-0.1, -0.05) is 12.7 Å². The molecule has 0 atom stereocenters. The van der Waals surface area contributed by atoms with Crippen molar-refractivity contribution in [2.75, 3.05) is 6.61 Å². The van der Waals surface area contributed by atoms with E-state index >= 15 is 0 Å². The molecule has 0 heterocycles. The van der Waals surface area contributed by atoms with Crippen LogP contribution in [0.15, 0.2) is 30.9 Å². The molecular formula is C10H9FO3. The minimum absolute atomic E-state index is 0.0115. The van der Waals surface area contributed by atoms with Crippen molar-refractivity contribution in [3.63, 3.8) is 0 Å². The molecule has 14 heavy (non-hydrogen) atoms. The summed E-state index contributed by atoms with van der Waals surface area (Å²) in [5, 5.41) is 8.73. The molecule has 0 aliphatic heterocycles. The summed E-state index contributed by atoms with van der Waals surface area (Å²) >= 11 is 0. The molecule has 74 valence electrons. The van der Waals surface area contributed by atoms with Crippen LogP contribution in [-0.2, 0) is 0 Å². The number of carboxylic acid groups (broad SMARTS) is 1. The Balaban J connectivity index is 3.02. The fraction of sp³-hybridized carbons (Fsp3) is 0.100. The number of carboxylic acids is 1. The molecule has 1 rings (SSSR count). The maximum Gasteiger partial charge on any atom is 0.339 e. The topological polar surface area (TPSA) is 46.5 Å². The second-order valence-corrected chi connectivity index (χ2v) is 2.55. The highest BCUT2D eigenvalue weighted by Crippen LogP contribution is 2.19. The van der Waals surface area contributed by atoms with Crippen molar-refractivity contribution >= 4 is 5.97 Å². The van der Waals surface area contributed by atoms with Gasteiger partial charge in [-0.15, -0.1) is 0 Å². The zero-order chi connectivity index (χ0) is 10.6. The molecule has 0 radical (unpaired) electrons. The number of hydrogen-bond donors (Lipinski definition) is 1. The van der Waals surface area contributed by atoms with Gasteiger partial charge in [0.25, 0.3) is 0 Å². The molecule has 0 spiro atoms. The highest BCUT2D eigenvalue weighted by molar-refractivity contribution is 5.90. The molecular weight excluding hydrogens is 187 g/mol. The number of carbonyl (C=O) groups is 1. The molecule has 0 saturated heterocycles. The first-order chi connectivity index (χ1) is 6.65. The fourth-order valence-corrected chi connectivity index (χ4v) is 0.941. The van der Waals surface area contributed by atoms with Gasteiger partial charge in [0.05, 0.1) is 0 Å². The fourth-order valence-electron chi connectivity index (χ4n) is 0.941. The number of aromatic carboxylic acids is 1. The van der Waals surface area contributed by atoms with Gasteiger partial charge < -0.3 is 9.84 Å².